The average molecular weight is 466 g/mol. The summed E-state index contributed by atoms with van der Waals surface area (Å²) in [5, 5.41) is 12.9. The van der Waals surface area contributed by atoms with Crippen LogP contribution in [0.3, 0.4) is 0 Å². The van der Waals surface area contributed by atoms with Gasteiger partial charge >= 0.3 is 12.1 Å². The molecule has 0 aliphatic heterocycles. The Morgan fingerprint density at radius 1 is 1.12 bits per heavy atom. The maximum absolute atomic E-state index is 13.1. The molecule has 0 unspecified atom stereocenters. The summed E-state index contributed by atoms with van der Waals surface area (Å²) in [6.07, 6.45) is -3.07. The van der Waals surface area contributed by atoms with Gasteiger partial charge in [0.05, 0.1) is 0 Å². The highest BCUT2D eigenvalue weighted by Gasteiger charge is 2.38. The molecule has 0 saturated heterocycles. The summed E-state index contributed by atoms with van der Waals surface area (Å²) in [5.41, 5.74) is -2.03. The molecule has 0 aliphatic rings. The molecule has 0 bridgehead atoms. The molecule has 3 rings (SSSR count). The molecule has 0 radical (unpaired) electrons. The van der Waals surface area contributed by atoms with Crippen molar-refractivity contribution in [3.63, 3.8) is 0 Å². The van der Waals surface area contributed by atoms with Crippen LogP contribution < -0.4 is 10.1 Å². The first-order valence-electron chi connectivity index (χ1n) is 9.83. The van der Waals surface area contributed by atoms with Gasteiger partial charge in [-0.3, -0.25) is 9.78 Å². The summed E-state index contributed by atoms with van der Waals surface area (Å²) in [4.78, 5) is 28.5. The van der Waals surface area contributed by atoms with E-state index in [4.69, 9.17) is 4.74 Å². The molecule has 0 aliphatic carbocycles. The second kappa shape index (κ2) is 9.15. The van der Waals surface area contributed by atoms with Crippen molar-refractivity contribution in [2.45, 2.75) is 45.0 Å². The minimum Gasteiger partial charge on any atom is -0.486 e. The highest BCUT2D eigenvalue weighted by Crippen LogP contribution is 2.38. The topological polar surface area (TPSA) is 88.5 Å². The van der Waals surface area contributed by atoms with Crippen molar-refractivity contribution in [3.05, 3.63) is 58.7 Å². The van der Waals surface area contributed by atoms with Crippen molar-refractivity contribution in [3.8, 4) is 5.75 Å². The number of alkyl halides is 3. The zero-order chi connectivity index (χ0) is 23.5. The number of amides is 1. The summed E-state index contributed by atoms with van der Waals surface area (Å²) in [5.74, 6) is -1.47. The normalized spacial score (nSPS) is 12.0. The van der Waals surface area contributed by atoms with Crippen molar-refractivity contribution >= 4 is 33.3 Å². The molecule has 0 atom stereocenters. The third kappa shape index (κ3) is 4.69. The van der Waals surface area contributed by atoms with Crippen LogP contribution in [0.25, 0.3) is 10.1 Å². The first-order valence-corrected chi connectivity index (χ1v) is 10.6. The Kier molecular flexibility index (Phi) is 6.73. The van der Waals surface area contributed by atoms with E-state index in [-0.39, 0.29) is 30.1 Å². The van der Waals surface area contributed by atoms with Gasteiger partial charge in [0.1, 0.15) is 22.7 Å². The molecule has 170 valence electrons. The van der Waals surface area contributed by atoms with Gasteiger partial charge in [-0.25, -0.2) is 4.79 Å². The summed E-state index contributed by atoms with van der Waals surface area (Å²) in [6, 6.07) is 9.24. The van der Waals surface area contributed by atoms with Gasteiger partial charge in [-0.15, -0.1) is 11.3 Å². The van der Waals surface area contributed by atoms with Crippen LogP contribution in [0.2, 0.25) is 0 Å². The zero-order valence-electron chi connectivity index (χ0n) is 17.3. The predicted molar refractivity (Wildman–Crippen MR) is 114 cm³/mol. The maximum Gasteiger partial charge on any atom is 0.433 e. The summed E-state index contributed by atoms with van der Waals surface area (Å²) in [6.45, 7) is 3.24. The van der Waals surface area contributed by atoms with Crippen molar-refractivity contribution < 1.29 is 32.6 Å². The van der Waals surface area contributed by atoms with Crippen LogP contribution in [-0.2, 0) is 17.6 Å². The fourth-order valence-corrected chi connectivity index (χ4v) is 4.25. The van der Waals surface area contributed by atoms with E-state index in [1.807, 2.05) is 0 Å². The number of benzene rings is 1. The zero-order valence-corrected chi connectivity index (χ0v) is 18.1. The Bertz CT molecular complexity index is 1120. The number of nitrogens with one attached hydrogen (secondary N) is 1. The molecule has 1 aromatic carbocycles. The number of hydrogen-bond acceptors (Lipinski definition) is 5. The lowest BCUT2D eigenvalue weighted by Crippen LogP contribution is -2.53. The van der Waals surface area contributed by atoms with E-state index in [9.17, 15) is 27.9 Å². The summed E-state index contributed by atoms with van der Waals surface area (Å²) < 4.78 is 44.8. The molecule has 0 fully saturated rings. The van der Waals surface area contributed by atoms with E-state index in [1.54, 1.807) is 38.1 Å². The monoisotopic (exact) mass is 466 g/mol. The van der Waals surface area contributed by atoms with Crippen LogP contribution in [0.5, 0.6) is 5.75 Å². The quantitative estimate of drug-likeness (QED) is 0.472. The molecular formula is C22H21F3N2O4S. The Hall–Kier alpha value is -3.14. The number of rotatable bonds is 8. The Morgan fingerprint density at radius 3 is 2.38 bits per heavy atom. The third-order valence-corrected chi connectivity index (χ3v) is 6.37. The number of carbonyl (C=O) groups excluding carboxylic acids is 1. The standard InChI is InChI=1S/C22H21F3N2O4S/c1-3-21(4-2,20(29)30)27-19(28)18-17(14-7-5-6-8-15(14)32-18)31-12-13-9-10-16(26-11-13)22(23,24)25/h5-11H,3-4,12H2,1-2H3,(H,27,28)(H,29,30). The van der Waals surface area contributed by atoms with E-state index < -0.39 is 29.3 Å². The number of fused-ring (bicyclic) bond motifs is 1. The van der Waals surface area contributed by atoms with Crippen molar-refractivity contribution in [1.29, 1.82) is 0 Å². The number of hydrogen-bond donors (Lipinski definition) is 2. The van der Waals surface area contributed by atoms with Crippen LogP contribution in [0.15, 0.2) is 42.6 Å². The molecule has 1 amide bonds. The lowest BCUT2D eigenvalue weighted by molar-refractivity contribution is -0.145. The molecule has 2 heterocycles. The van der Waals surface area contributed by atoms with E-state index >= 15 is 0 Å². The number of carbonyl (C=O) groups is 2. The van der Waals surface area contributed by atoms with Gasteiger partial charge in [0.15, 0.2) is 5.75 Å². The van der Waals surface area contributed by atoms with Gasteiger partial charge in [0.2, 0.25) is 0 Å². The predicted octanol–water partition coefficient (Wildman–Crippen LogP) is 5.27. The number of aromatic nitrogens is 1. The third-order valence-electron chi connectivity index (χ3n) is 5.22. The van der Waals surface area contributed by atoms with E-state index in [1.165, 1.54) is 6.07 Å². The van der Waals surface area contributed by atoms with E-state index in [0.29, 0.717) is 10.9 Å². The number of pyridine rings is 1. The van der Waals surface area contributed by atoms with Crippen LogP contribution >= 0.6 is 11.3 Å². The Balaban J connectivity index is 1.91. The SMILES string of the molecule is CCC(CC)(NC(=O)c1sc2ccccc2c1OCc1ccc(C(F)(F)F)nc1)C(=O)O. The fourth-order valence-electron chi connectivity index (χ4n) is 3.20. The Labute approximate surface area is 186 Å². The minimum absolute atomic E-state index is 0.113. The molecule has 10 heteroatoms. The molecule has 3 aromatic rings. The molecule has 6 nitrogen and oxygen atoms in total. The lowest BCUT2D eigenvalue weighted by atomic mass is 9.93. The van der Waals surface area contributed by atoms with Gasteiger partial charge in [-0.05, 0) is 31.0 Å². The molecule has 0 saturated carbocycles. The minimum atomic E-state index is -4.54. The molecule has 32 heavy (non-hydrogen) atoms. The van der Waals surface area contributed by atoms with E-state index in [2.05, 4.69) is 10.3 Å². The van der Waals surface area contributed by atoms with Crippen LogP contribution in [-0.4, -0.2) is 27.5 Å². The molecule has 2 aromatic heterocycles. The molecule has 2 N–H and O–H groups in total. The Morgan fingerprint density at radius 2 is 1.81 bits per heavy atom. The second-order valence-electron chi connectivity index (χ2n) is 7.14. The summed E-state index contributed by atoms with van der Waals surface area (Å²) in [7, 11) is 0. The van der Waals surface area contributed by atoms with Crippen LogP contribution in [0, 0.1) is 0 Å². The van der Waals surface area contributed by atoms with Gasteiger partial charge in [-0.1, -0.05) is 32.0 Å². The number of ether oxygens (including phenoxy) is 1. The highest BCUT2D eigenvalue weighted by atomic mass is 32.1. The smallest absolute Gasteiger partial charge is 0.433 e. The number of thiophene rings is 1. The van der Waals surface area contributed by atoms with Crippen molar-refractivity contribution in [2.24, 2.45) is 0 Å². The number of carboxylic acids is 1. The van der Waals surface area contributed by atoms with Crippen LogP contribution in [0.4, 0.5) is 13.2 Å². The van der Waals surface area contributed by atoms with Crippen molar-refractivity contribution in [1.82, 2.24) is 10.3 Å². The number of nitrogens with zero attached hydrogens (tertiary/aromatic N) is 1. The number of carboxylic acid groups (broad SMARTS) is 1. The fraction of sp³-hybridized carbons (Fsp3) is 0.318. The second-order valence-corrected chi connectivity index (χ2v) is 8.20. The van der Waals surface area contributed by atoms with Crippen molar-refractivity contribution in [2.75, 3.05) is 0 Å². The highest BCUT2D eigenvalue weighted by molar-refractivity contribution is 7.21. The number of halogens is 3. The molecule has 0 spiro atoms. The first-order chi connectivity index (χ1) is 15.1. The largest absolute Gasteiger partial charge is 0.486 e. The molecular weight excluding hydrogens is 445 g/mol. The summed E-state index contributed by atoms with van der Waals surface area (Å²) >= 11 is 1.15. The lowest BCUT2D eigenvalue weighted by Gasteiger charge is -2.27. The first kappa shape index (κ1) is 23.5. The van der Waals surface area contributed by atoms with Gasteiger partial charge in [-0.2, -0.15) is 13.2 Å². The number of aliphatic carboxylic acids is 1. The van der Waals surface area contributed by atoms with Crippen LogP contribution in [0.1, 0.15) is 47.6 Å². The van der Waals surface area contributed by atoms with Gasteiger partial charge in [0.25, 0.3) is 5.91 Å². The van der Waals surface area contributed by atoms with E-state index in [0.717, 1.165) is 28.3 Å². The average Bonchev–Trinajstić information content (AvgIpc) is 3.14. The van der Waals surface area contributed by atoms with Gasteiger partial charge < -0.3 is 15.2 Å². The van der Waals surface area contributed by atoms with Gasteiger partial charge in [0, 0.05) is 21.8 Å². The maximum atomic E-state index is 13.1.